The Kier molecular flexibility index (Phi) is 3.94. The van der Waals surface area contributed by atoms with Crippen molar-refractivity contribution in [2.75, 3.05) is 7.11 Å². The molecule has 0 heterocycles. The maximum Gasteiger partial charge on any atom is 0.119 e. The standard InChI is InChI=1S/C16H14N2O/c1-12(14-5-3-13(11-17)4-6-14)18-15-7-9-16(19-2)10-8-15/h3-10H,1-2H3. The lowest BCUT2D eigenvalue weighted by Crippen LogP contribution is -1.93. The van der Waals surface area contributed by atoms with E-state index in [0.717, 1.165) is 22.7 Å². The molecule has 3 nitrogen and oxygen atoms in total. The number of hydrogen-bond donors (Lipinski definition) is 0. The minimum atomic E-state index is 0.654. The van der Waals surface area contributed by atoms with Crippen LogP contribution in [-0.2, 0) is 0 Å². The lowest BCUT2D eigenvalue weighted by molar-refractivity contribution is 0.415. The summed E-state index contributed by atoms with van der Waals surface area (Å²) in [6.07, 6.45) is 0. The summed E-state index contributed by atoms with van der Waals surface area (Å²) in [5.74, 6) is 0.815. The summed E-state index contributed by atoms with van der Waals surface area (Å²) in [7, 11) is 1.64. The second-order valence-electron chi connectivity index (χ2n) is 4.08. The summed E-state index contributed by atoms with van der Waals surface area (Å²) in [6.45, 7) is 1.95. The molecule has 0 aliphatic rings. The number of methoxy groups -OCH3 is 1. The van der Waals surface area contributed by atoms with Crippen molar-refractivity contribution in [1.29, 1.82) is 5.26 Å². The van der Waals surface area contributed by atoms with Crippen molar-refractivity contribution in [3.63, 3.8) is 0 Å². The molecule has 0 spiro atoms. The van der Waals surface area contributed by atoms with Crippen molar-refractivity contribution < 1.29 is 4.74 Å². The summed E-state index contributed by atoms with van der Waals surface area (Å²) in [6, 6.07) is 17.1. The predicted molar refractivity (Wildman–Crippen MR) is 76.0 cm³/mol. The van der Waals surface area contributed by atoms with Gasteiger partial charge in [-0.1, -0.05) is 12.1 Å². The van der Waals surface area contributed by atoms with E-state index in [0.29, 0.717) is 5.56 Å². The van der Waals surface area contributed by atoms with E-state index in [1.54, 1.807) is 19.2 Å². The van der Waals surface area contributed by atoms with Crippen LogP contribution in [0.1, 0.15) is 18.1 Å². The van der Waals surface area contributed by atoms with Crippen LogP contribution in [0.4, 0.5) is 5.69 Å². The first kappa shape index (κ1) is 12.8. The third kappa shape index (κ3) is 3.20. The van der Waals surface area contributed by atoms with Gasteiger partial charge in [-0.15, -0.1) is 0 Å². The average Bonchev–Trinajstić information content (AvgIpc) is 2.48. The molecule has 0 saturated carbocycles. The third-order valence-electron chi connectivity index (χ3n) is 2.80. The molecule has 2 aromatic carbocycles. The van der Waals surface area contributed by atoms with Gasteiger partial charge in [-0.25, -0.2) is 0 Å². The van der Waals surface area contributed by atoms with E-state index in [9.17, 15) is 0 Å². The largest absolute Gasteiger partial charge is 0.497 e. The molecule has 0 aliphatic carbocycles. The van der Waals surface area contributed by atoms with E-state index < -0.39 is 0 Å². The lowest BCUT2D eigenvalue weighted by atomic mass is 10.1. The van der Waals surface area contributed by atoms with Gasteiger partial charge in [-0.3, -0.25) is 4.99 Å². The summed E-state index contributed by atoms with van der Waals surface area (Å²) in [5, 5.41) is 8.76. The van der Waals surface area contributed by atoms with Crippen LogP contribution in [0.25, 0.3) is 0 Å². The number of nitrogens with zero attached hydrogens (tertiary/aromatic N) is 2. The van der Waals surface area contributed by atoms with Gasteiger partial charge in [0.25, 0.3) is 0 Å². The second kappa shape index (κ2) is 5.83. The molecule has 0 bridgehead atoms. The first-order chi connectivity index (χ1) is 9.22. The first-order valence-electron chi connectivity index (χ1n) is 5.93. The number of nitriles is 1. The van der Waals surface area contributed by atoms with E-state index in [-0.39, 0.29) is 0 Å². The molecule has 0 amide bonds. The fourth-order valence-corrected chi connectivity index (χ4v) is 1.70. The van der Waals surface area contributed by atoms with Gasteiger partial charge < -0.3 is 4.74 Å². The average molecular weight is 250 g/mol. The Hall–Kier alpha value is -2.60. The highest BCUT2D eigenvalue weighted by atomic mass is 16.5. The normalized spacial score (nSPS) is 10.9. The molecule has 2 rings (SSSR count). The number of hydrogen-bond acceptors (Lipinski definition) is 3. The van der Waals surface area contributed by atoms with Crippen LogP contribution in [0.5, 0.6) is 5.75 Å². The predicted octanol–water partition coefficient (Wildman–Crippen LogP) is 3.71. The van der Waals surface area contributed by atoms with Crippen LogP contribution in [0.3, 0.4) is 0 Å². The third-order valence-corrected chi connectivity index (χ3v) is 2.80. The lowest BCUT2D eigenvalue weighted by Gasteiger charge is -2.03. The van der Waals surface area contributed by atoms with Gasteiger partial charge in [0, 0.05) is 5.71 Å². The fraction of sp³-hybridized carbons (Fsp3) is 0.125. The molecule has 0 aromatic heterocycles. The highest BCUT2D eigenvalue weighted by Gasteiger charge is 1.99. The van der Waals surface area contributed by atoms with E-state index in [2.05, 4.69) is 11.1 Å². The van der Waals surface area contributed by atoms with Gasteiger partial charge >= 0.3 is 0 Å². The SMILES string of the molecule is COc1ccc(N=C(C)c2ccc(C#N)cc2)cc1. The Morgan fingerprint density at radius 3 is 2.21 bits per heavy atom. The molecule has 0 fully saturated rings. The molecule has 0 radical (unpaired) electrons. The van der Waals surface area contributed by atoms with Crippen LogP contribution in [0.2, 0.25) is 0 Å². The van der Waals surface area contributed by atoms with Crippen LogP contribution < -0.4 is 4.74 Å². The zero-order valence-corrected chi connectivity index (χ0v) is 10.9. The summed E-state index contributed by atoms with van der Waals surface area (Å²) < 4.78 is 5.11. The molecule has 3 heteroatoms. The van der Waals surface area contributed by atoms with Crippen molar-refractivity contribution in [1.82, 2.24) is 0 Å². The van der Waals surface area contributed by atoms with Crippen molar-refractivity contribution in [3.05, 3.63) is 59.7 Å². The van der Waals surface area contributed by atoms with Crippen molar-refractivity contribution in [2.24, 2.45) is 4.99 Å². The Labute approximate surface area is 112 Å². The van der Waals surface area contributed by atoms with E-state index in [1.165, 1.54) is 0 Å². The van der Waals surface area contributed by atoms with Gasteiger partial charge in [0.1, 0.15) is 5.75 Å². The second-order valence-corrected chi connectivity index (χ2v) is 4.08. The molecular weight excluding hydrogens is 236 g/mol. The van der Waals surface area contributed by atoms with E-state index >= 15 is 0 Å². The molecule has 0 unspecified atom stereocenters. The zero-order chi connectivity index (χ0) is 13.7. The van der Waals surface area contributed by atoms with E-state index in [4.69, 9.17) is 10.00 Å². The Bertz CT molecular complexity index is 619. The minimum Gasteiger partial charge on any atom is -0.497 e. The minimum absolute atomic E-state index is 0.654. The van der Waals surface area contributed by atoms with Crippen LogP contribution in [0.15, 0.2) is 53.5 Å². The topological polar surface area (TPSA) is 45.4 Å². The smallest absolute Gasteiger partial charge is 0.119 e. The zero-order valence-electron chi connectivity index (χ0n) is 10.9. The van der Waals surface area contributed by atoms with Crippen LogP contribution in [-0.4, -0.2) is 12.8 Å². The van der Waals surface area contributed by atoms with Crippen molar-refractivity contribution >= 4 is 11.4 Å². The molecular formula is C16H14N2O. The molecule has 0 aliphatic heterocycles. The summed E-state index contributed by atoms with van der Waals surface area (Å²) in [5.41, 5.74) is 3.45. The number of aliphatic imine (C=N–C) groups is 1. The molecule has 2 aromatic rings. The van der Waals surface area contributed by atoms with Crippen LogP contribution in [0, 0.1) is 11.3 Å². The molecule has 0 saturated heterocycles. The number of ether oxygens (including phenoxy) is 1. The Balaban J connectivity index is 2.23. The Morgan fingerprint density at radius 2 is 1.68 bits per heavy atom. The van der Waals surface area contributed by atoms with Gasteiger partial charge in [-0.2, -0.15) is 5.26 Å². The quantitative estimate of drug-likeness (QED) is 0.779. The summed E-state index contributed by atoms with van der Waals surface area (Å²) in [4.78, 5) is 4.54. The van der Waals surface area contributed by atoms with Crippen LogP contribution >= 0.6 is 0 Å². The maximum atomic E-state index is 8.76. The molecule has 94 valence electrons. The number of rotatable bonds is 3. The van der Waals surface area contributed by atoms with Gasteiger partial charge in [0.15, 0.2) is 0 Å². The van der Waals surface area contributed by atoms with Gasteiger partial charge in [0.05, 0.1) is 24.4 Å². The molecule has 19 heavy (non-hydrogen) atoms. The number of benzene rings is 2. The molecule has 0 N–H and O–H groups in total. The molecule has 0 atom stereocenters. The summed E-state index contributed by atoms with van der Waals surface area (Å²) >= 11 is 0. The van der Waals surface area contributed by atoms with Gasteiger partial charge in [-0.05, 0) is 48.9 Å². The van der Waals surface area contributed by atoms with Crippen molar-refractivity contribution in [2.45, 2.75) is 6.92 Å². The maximum absolute atomic E-state index is 8.76. The highest BCUT2D eigenvalue weighted by Crippen LogP contribution is 2.19. The first-order valence-corrected chi connectivity index (χ1v) is 5.93. The van der Waals surface area contributed by atoms with Gasteiger partial charge in [0.2, 0.25) is 0 Å². The van der Waals surface area contributed by atoms with E-state index in [1.807, 2.05) is 43.3 Å². The highest BCUT2D eigenvalue weighted by molar-refractivity contribution is 6.00. The Morgan fingerprint density at radius 1 is 1.05 bits per heavy atom. The fourth-order valence-electron chi connectivity index (χ4n) is 1.70. The monoisotopic (exact) mass is 250 g/mol. The van der Waals surface area contributed by atoms with Crippen molar-refractivity contribution in [3.8, 4) is 11.8 Å².